The zero-order valence-electron chi connectivity index (χ0n) is 19.1. The van der Waals surface area contributed by atoms with Crippen molar-refractivity contribution in [3.8, 4) is 11.4 Å². The van der Waals surface area contributed by atoms with Gasteiger partial charge in [-0.25, -0.2) is 0 Å². The first-order chi connectivity index (χ1) is 16.5. The predicted octanol–water partition coefficient (Wildman–Crippen LogP) is 5.13. The average molecular weight is 451 g/mol. The number of aromatic nitrogens is 2. The van der Waals surface area contributed by atoms with Crippen LogP contribution >= 0.6 is 0 Å². The van der Waals surface area contributed by atoms with Crippen molar-refractivity contribution in [3.63, 3.8) is 0 Å². The van der Waals surface area contributed by atoms with Crippen molar-refractivity contribution >= 4 is 11.8 Å². The van der Waals surface area contributed by atoms with Crippen molar-refractivity contribution in [2.75, 3.05) is 0 Å². The highest BCUT2D eigenvalue weighted by atomic mass is 16.2. The predicted molar refractivity (Wildman–Crippen MR) is 132 cm³/mol. The van der Waals surface area contributed by atoms with Crippen LogP contribution in [0.15, 0.2) is 97.3 Å². The van der Waals surface area contributed by atoms with E-state index in [4.69, 9.17) is 0 Å². The van der Waals surface area contributed by atoms with E-state index in [1.54, 1.807) is 36.7 Å². The second kappa shape index (κ2) is 10.5. The minimum atomic E-state index is -0.203. The van der Waals surface area contributed by atoms with Gasteiger partial charge in [-0.1, -0.05) is 60.7 Å². The van der Waals surface area contributed by atoms with Gasteiger partial charge in [0, 0.05) is 23.5 Å². The third-order valence-corrected chi connectivity index (χ3v) is 5.60. The number of nitrogens with zero attached hydrogens (tertiary/aromatic N) is 2. The normalized spacial score (nSPS) is 12.4. The summed E-state index contributed by atoms with van der Waals surface area (Å²) in [6.45, 7) is 3.88. The molecule has 0 aliphatic carbocycles. The van der Waals surface area contributed by atoms with Gasteiger partial charge >= 0.3 is 0 Å². The van der Waals surface area contributed by atoms with Crippen LogP contribution in [-0.4, -0.2) is 21.8 Å². The van der Waals surface area contributed by atoms with E-state index in [0.29, 0.717) is 22.5 Å². The molecule has 2 atom stereocenters. The fourth-order valence-corrected chi connectivity index (χ4v) is 3.63. The zero-order valence-corrected chi connectivity index (χ0v) is 19.1. The Morgan fingerprint density at radius 1 is 0.618 bits per heavy atom. The Labute approximate surface area is 199 Å². The summed E-state index contributed by atoms with van der Waals surface area (Å²) in [6.07, 6.45) is 3.15. The Morgan fingerprint density at radius 2 is 1.00 bits per heavy atom. The number of rotatable bonds is 7. The Balaban J connectivity index is 1.48. The molecule has 0 fully saturated rings. The van der Waals surface area contributed by atoms with Crippen LogP contribution in [0.25, 0.3) is 11.4 Å². The van der Waals surface area contributed by atoms with Crippen molar-refractivity contribution in [2.45, 2.75) is 25.9 Å². The molecule has 0 saturated carbocycles. The lowest BCUT2D eigenvalue weighted by atomic mass is 10.1. The largest absolute Gasteiger partial charge is 0.346 e. The number of nitrogens with one attached hydrogen (secondary N) is 2. The van der Waals surface area contributed by atoms with E-state index in [0.717, 1.165) is 11.1 Å². The second-order valence-corrected chi connectivity index (χ2v) is 8.07. The maximum Gasteiger partial charge on any atom is 0.251 e. The highest BCUT2D eigenvalue weighted by Crippen LogP contribution is 2.19. The van der Waals surface area contributed by atoms with Crippen LogP contribution in [0.1, 0.15) is 57.8 Å². The molecule has 0 spiro atoms. The van der Waals surface area contributed by atoms with E-state index in [-0.39, 0.29) is 23.9 Å². The SMILES string of the molecule is C[C@H](NC(=O)c1ccnc(-c2cc(C(=O)N[C@@H](C)c3ccccc3)ccn2)c1)c1ccccc1. The number of pyridine rings is 2. The van der Waals surface area contributed by atoms with Gasteiger partial charge in [0.15, 0.2) is 0 Å². The van der Waals surface area contributed by atoms with Crippen molar-refractivity contribution in [1.82, 2.24) is 20.6 Å². The minimum absolute atomic E-state index is 0.137. The van der Waals surface area contributed by atoms with Gasteiger partial charge in [0.2, 0.25) is 0 Å². The van der Waals surface area contributed by atoms with E-state index >= 15 is 0 Å². The average Bonchev–Trinajstić information content (AvgIpc) is 2.89. The van der Waals surface area contributed by atoms with E-state index in [1.807, 2.05) is 74.5 Å². The quantitative estimate of drug-likeness (QED) is 0.409. The van der Waals surface area contributed by atoms with Gasteiger partial charge in [-0.05, 0) is 49.2 Å². The highest BCUT2D eigenvalue weighted by molar-refractivity contribution is 5.96. The number of hydrogen-bond acceptors (Lipinski definition) is 4. The molecule has 34 heavy (non-hydrogen) atoms. The van der Waals surface area contributed by atoms with Gasteiger partial charge < -0.3 is 10.6 Å². The Bertz CT molecular complexity index is 1170. The van der Waals surface area contributed by atoms with E-state index in [2.05, 4.69) is 20.6 Å². The first-order valence-corrected chi connectivity index (χ1v) is 11.2. The molecule has 6 nitrogen and oxygen atoms in total. The van der Waals surface area contributed by atoms with Crippen LogP contribution in [0.4, 0.5) is 0 Å². The molecule has 0 saturated heterocycles. The van der Waals surface area contributed by atoms with E-state index in [9.17, 15) is 9.59 Å². The van der Waals surface area contributed by atoms with Crippen molar-refractivity contribution in [1.29, 1.82) is 0 Å². The molecule has 2 N–H and O–H groups in total. The van der Waals surface area contributed by atoms with Crippen molar-refractivity contribution in [2.24, 2.45) is 0 Å². The first-order valence-electron chi connectivity index (χ1n) is 11.2. The molecule has 2 aromatic carbocycles. The minimum Gasteiger partial charge on any atom is -0.346 e. The van der Waals surface area contributed by atoms with E-state index in [1.165, 1.54) is 0 Å². The fraction of sp³-hybridized carbons (Fsp3) is 0.143. The number of amides is 2. The second-order valence-electron chi connectivity index (χ2n) is 8.07. The molecule has 0 bridgehead atoms. The van der Waals surface area contributed by atoms with Gasteiger partial charge in [0.1, 0.15) is 0 Å². The summed E-state index contributed by atoms with van der Waals surface area (Å²) in [5.41, 5.74) is 4.03. The summed E-state index contributed by atoms with van der Waals surface area (Å²) in [5, 5.41) is 6.01. The van der Waals surface area contributed by atoms with Crippen LogP contribution in [0.5, 0.6) is 0 Å². The molecule has 2 amide bonds. The molecule has 4 rings (SSSR count). The van der Waals surface area contributed by atoms with Gasteiger partial charge in [0.25, 0.3) is 11.8 Å². The van der Waals surface area contributed by atoms with Gasteiger partial charge in [-0.3, -0.25) is 19.6 Å². The van der Waals surface area contributed by atoms with Gasteiger partial charge in [-0.2, -0.15) is 0 Å². The molecule has 4 aromatic rings. The smallest absolute Gasteiger partial charge is 0.251 e. The Kier molecular flexibility index (Phi) is 7.08. The van der Waals surface area contributed by atoms with Crippen LogP contribution in [0.2, 0.25) is 0 Å². The maximum atomic E-state index is 12.8. The summed E-state index contributed by atoms with van der Waals surface area (Å²) in [7, 11) is 0. The fourth-order valence-electron chi connectivity index (χ4n) is 3.63. The van der Waals surface area contributed by atoms with Crippen LogP contribution < -0.4 is 10.6 Å². The molecule has 2 aromatic heterocycles. The number of carbonyl (C=O) groups is 2. The molecular formula is C28H26N4O2. The molecule has 0 unspecified atom stereocenters. The van der Waals surface area contributed by atoms with Crippen molar-refractivity contribution < 1.29 is 9.59 Å². The summed E-state index contributed by atoms with van der Waals surface area (Å²) in [4.78, 5) is 34.4. The Hall–Kier alpha value is -4.32. The third-order valence-electron chi connectivity index (χ3n) is 5.60. The van der Waals surface area contributed by atoms with Crippen LogP contribution in [-0.2, 0) is 0 Å². The number of benzene rings is 2. The maximum absolute atomic E-state index is 12.8. The zero-order chi connectivity index (χ0) is 23.9. The standard InChI is InChI=1S/C28H26N4O2/c1-19(21-9-5-3-6-10-21)31-27(33)23-13-15-29-25(17-23)26-18-24(14-16-30-26)28(34)32-20(2)22-11-7-4-8-12-22/h3-20H,1-2H3,(H,31,33)(H,32,34)/t19-,20-/m0/s1. The molecular weight excluding hydrogens is 424 g/mol. The Morgan fingerprint density at radius 3 is 1.38 bits per heavy atom. The molecule has 6 heteroatoms. The molecule has 0 radical (unpaired) electrons. The van der Waals surface area contributed by atoms with E-state index < -0.39 is 0 Å². The van der Waals surface area contributed by atoms with Gasteiger partial charge in [-0.15, -0.1) is 0 Å². The first kappa shape index (κ1) is 22.9. The lowest BCUT2D eigenvalue weighted by Crippen LogP contribution is -2.27. The van der Waals surface area contributed by atoms with Gasteiger partial charge in [0.05, 0.1) is 23.5 Å². The molecule has 2 heterocycles. The van der Waals surface area contributed by atoms with Crippen molar-refractivity contribution in [3.05, 3.63) is 120 Å². The monoisotopic (exact) mass is 450 g/mol. The lowest BCUT2D eigenvalue weighted by molar-refractivity contribution is 0.0931. The highest BCUT2D eigenvalue weighted by Gasteiger charge is 2.15. The summed E-state index contributed by atoms with van der Waals surface area (Å²) in [6, 6.07) is 26.0. The number of carbonyl (C=O) groups excluding carboxylic acids is 2. The van der Waals surface area contributed by atoms with Crippen LogP contribution in [0.3, 0.4) is 0 Å². The number of hydrogen-bond donors (Lipinski definition) is 2. The third kappa shape index (κ3) is 5.53. The summed E-state index contributed by atoms with van der Waals surface area (Å²) < 4.78 is 0. The summed E-state index contributed by atoms with van der Waals surface area (Å²) >= 11 is 0. The lowest BCUT2D eigenvalue weighted by Gasteiger charge is -2.15. The molecule has 0 aliphatic rings. The molecule has 170 valence electrons. The topological polar surface area (TPSA) is 84.0 Å². The summed E-state index contributed by atoms with van der Waals surface area (Å²) in [5.74, 6) is -0.406. The molecule has 0 aliphatic heterocycles. The van der Waals surface area contributed by atoms with Crippen LogP contribution in [0, 0.1) is 0 Å².